The molecule has 0 spiro atoms. The van der Waals surface area contributed by atoms with Crippen molar-refractivity contribution in [2.24, 2.45) is 0 Å². The molecule has 106 valence electrons. The molecule has 2 rings (SSSR count). The smallest absolute Gasteiger partial charge is 0.122 e. The number of benzene rings is 2. The predicted molar refractivity (Wildman–Crippen MR) is 85.8 cm³/mol. The molecule has 1 nitrogen and oxygen atoms in total. The molecule has 0 saturated carbocycles. The van der Waals surface area contributed by atoms with Crippen LogP contribution in [0.5, 0.6) is 5.75 Å². The molecular formula is C18H21ClO. The summed E-state index contributed by atoms with van der Waals surface area (Å²) in [5.41, 5.74) is 5.01. The van der Waals surface area contributed by atoms with E-state index in [1.54, 1.807) is 0 Å². The van der Waals surface area contributed by atoms with Gasteiger partial charge in [0.15, 0.2) is 0 Å². The Labute approximate surface area is 126 Å². The van der Waals surface area contributed by atoms with Gasteiger partial charge in [0.2, 0.25) is 0 Å². The molecule has 0 unspecified atom stereocenters. The highest BCUT2D eigenvalue weighted by Crippen LogP contribution is 2.24. The number of rotatable bonds is 6. The van der Waals surface area contributed by atoms with Gasteiger partial charge in [0, 0.05) is 12.3 Å². The van der Waals surface area contributed by atoms with Gasteiger partial charge in [-0.2, -0.15) is 0 Å². The number of halogens is 1. The minimum absolute atomic E-state index is 0.536. The summed E-state index contributed by atoms with van der Waals surface area (Å²) in [6, 6.07) is 15.0. The summed E-state index contributed by atoms with van der Waals surface area (Å²) in [4.78, 5) is 0. The summed E-state index contributed by atoms with van der Waals surface area (Å²) in [6.07, 6.45) is 1.95. The number of hydrogen-bond acceptors (Lipinski definition) is 1. The van der Waals surface area contributed by atoms with Crippen molar-refractivity contribution in [3.63, 3.8) is 0 Å². The lowest BCUT2D eigenvalue weighted by Crippen LogP contribution is -1.99. The fraction of sp³-hybridized carbons (Fsp3) is 0.333. The van der Waals surface area contributed by atoms with Crippen LogP contribution >= 0.6 is 11.6 Å². The van der Waals surface area contributed by atoms with E-state index in [1.165, 1.54) is 16.7 Å². The van der Waals surface area contributed by atoms with Crippen molar-refractivity contribution >= 4 is 11.6 Å². The van der Waals surface area contributed by atoms with Crippen LogP contribution < -0.4 is 4.74 Å². The largest absolute Gasteiger partial charge is 0.494 e. The van der Waals surface area contributed by atoms with Crippen LogP contribution in [-0.4, -0.2) is 6.61 Å². The van der Waals surface area contributed by atoms with E-state index in [0.29, 0.717) is 12.5 Å². The second-order valence-corrected chi connectivity index (χ2v) is 5.12. The highest BCUT2D eigenvalue weighted by molar-refractivity contribution is 6.17. The average molecular weight is 289 g/mol. The number of hydrogen-bond donors (Lipinski definition) is 0. The van der Waals surface area contributed by atoms with Gasteiger partial charge in [-0.1, -0.05) is 43.3 Å². The summed E-state index contributed by atoms with van der Waals surface area (Å²) in [5.74, 6) is 1.50. The highest BCUT2D eigenvalue weighted by atomic mass is 35.5. The monoisotopic (exact) mass is 288 g/mol. The van der Waals surface area contributed by atoms with Gasteiger partial charge >= 0.3 is 0 Å². The molecule has 2 aromatic rings. The van der Waals surface area contributed by atoms with E-state index in [-0.39, 0.29) is 0 Å². The van der Waals surface area contributed by atoms with Crippen molar-refractivity contribution in [3.8, 4) is 5.75 Å². The van der Waals surface area contributed by atoms with Gasteiger partial charge < -0.3 is 4.74 Å². The molecule has 0 radical (unpaired) electrons. The summed E-state index contributed by atoms with van der Waals surface area (Å²) in [5, 5.41) is 0. The van der Waals surface area contributed by atoms with Crippen molar-refractivity contribution < 1.29 is 4.74 Å². The van der Waals surface area contributed by atoms with Crippen LogP contribution in [0.15, 0.2) is 42.5 Å². The van der Waals surface area contributed by atoms with E-state index in [4.69, 9.17) is 16.3 Å². The third-order valence-corrected chi connectivity index (χ3v) is 3.71. The van der Waals surface area contributed by atoms with Crippen molar-refractivity contribution in [1.82, 2.24) is 0 Å². The maximum absolute atomic E-state index is 5.93. The number of alkyl halides is 1. The summed E-state index contributed by atoms with van der Waals surface area (Å²) < 4.78 is 5.71. The molecular weight excluding hydrogens is 268 g/mol. The fourth-order valence-electron chi connectivity index (χ4n) is 2.26. The SMILES string of the molecule is CCOc1ccc(CCl)cc1Cc1ccc(CC)cc1. The van der Waals surface area contributed by atoms with Crippen molar-refractivity contribution in [3.05, 3.63) is 64.7 Å². The first-order valence-corrected chi connectivity index (χ1v) is 7.68. The van der Waals surface area contributed by atoms with Gasteiger partial charge in [0.1, 0.15) is 5.75 Å². The second-order valence-electron chi connectivity index (χ2n) is 4.86. The van der Waals surface area contributed by atoms with Gasteiger partial charge in [-0.25, -0.2) is 0 Å². The molecule has 0 aliphatic heterocycles. The van der Waals surface area contributed by atoms with E-state index in [9.17, 15) is 0 Å². The first kappa shape index (κ1) is 14.9. The van der Waals surface area contributed by atoms with Crippen LogP contribution in [0.25, 0.3) is 0 Å². The average Bonchev–Trinajstić information content (AvgIpc) is 2.50. The zero-order valence-electron chi connectivity index (χ0n) is 12.2. The molecule has 0 atom stereocenters. The first-order chi connectivity index (χ1) is 9.76. The van der Waals surface area contributed by atoms with E-state index in [0.717, 1.165) is 24.2 Å². The molecule has 0 N–H and O–H groups in total. The van der Waals surface area contributed by atoms with Gasteiger partial charge in [-0.3, -0.25) is 0 Å². The lowest BCUT2D eigenvalue weighted by atomic mass is 10.0. The highest BCUT2D eigenvalue weighted by Gasteiger charge is 2.06. The summed E-state index contributed by atoms with van der Waals surface area (Å²) in [7, 11) is 0. The Bertz CT molecular complexity index is 546. The second kappa shape index (κ2) is 7.35. The normalized spacial score (nSPS) is 10.6. The molecule has 0 amide bonds. The van der Waals surface area contributed by atoms with E-state index in [1.807, 2.05) is 19.1 Å². The molecule has 0 aliphatic carbocycles. The van der Waals surface area contributed by atoms with Crippen LogP contribution in [0.2, 0.25) is 0 Å². The topological polar surface area (TPSA) is 9.23 Å². The maximum Gasteiger partial charge on any atom is 0.122 e. The van der Waals surface area contributed by atoms with Crippen LogP contribution in [0, 0.1) is 0 Å². The van der Waals surface area contributed by atoms with E-state index < -0.39 is 0 Å². The molecule has 0 fully saturated rings. The van der Waals surface area contributed by atoms with Crippen LogP contribution in [0.3, 0.4) is 0 Å². The van der Waals surface area contributed by atoms with Crippen molar-refractivity contribution in [1.29, 1.82) is 0 Å². The first-order valence-electron chi connectivity index (χ1n) is 7.15. The summed E-state index contributed by atoms with van der Waals surface area (Å²) >= 11 is 5.93. The van der Waals surface area contributed by atoms with Crippen LogP contribution in [0.4, 0.5) is 0 Å². The van der Waals surface area contributed by atoms with Gasteiger partial charge in [-0.15, -0.1) is 11.6 Å². The third-order valence-electron chi connectivity index (χ3n) is 3.40. The van der Waals surface area contributed by atoms with Crippen molar-refractivity contribution in [2.75, 3.05) is 6.61 Å². The molecule has 0 bridgehead atoms. The third kappa shape index (κ3) is 3.77. The molecule has 2 heteroatoms. The van der Waals surface area contributed by atoms with Crippen LogP contribution in [0.1, 0.15) is 36.1 Å². The Kier molecular flexibility index (Phi) is 5.49. The minimum Gasteiger partial charge on any atom is -0.494 e. The van der Waals surface area contributed by atoms with Gasteiger partial charge in [0.25, 0.3) is 0 Å². The molecule has 0 saturated heterocycles. The maximum atomic E-state index is 5.93. The molecule has 0 aliphatic rings. The summed E-state index contributed by atoms with van der Waals surface area (Å²) in [6.45, 7) is 4.86. The molecule has 20 heavy (non-hydrogen) atoms. The van der Waals surface area contributed by atoms with Gasteiger partial charge in [-0.05, 0) is 41.7 Å². The standard InChI is InChI=1S/C18H21ClO/c1-3-14-5-7-15(8-6-14)11-17-12-16(13-19)9-10-18(17)20-4-2/h5-10,12H,3-4,11,13H2,1-2H3. The Hall–Kier alpha value is -1.47. The van der Waals surface area contributed by atoms with E-state index >= 15 is 0 Å². The minimum atomic E-state index is 0.536. The Morgan fingerprint density at radius 3 is 2.15 bits per heavy atom. The van der Waals surface area contributed by atoms with E-state index in [2.05, 4.69) is 37.3 Å². The van der Waals surface area contributed by atoms with Crippen LogP contribution in [-0.2, 0) is 18.7 Å². The Morgan fingerprint density at radius 1 is 0.900 bits per heavy atom. The predicted octanol–water partition coefficient (Wildman–Crippen LogP) is 4.98. The van der Waals surface area contributed by atoms with Gasteiger partial charge in [0.05, 0.1) is 6.61 Å². The molecule has 2 aromatic carbocycles. The molecule has 0 heterocycles. The Balaban J connectivity index is 2.24. The Morgan fingerprint density at radius 2 is 1.55 bits per heavy atom. The lowest BCUT2D eigenvalue weighted by Gasteiger charge is -2.12. The fourth-order valence-corrected chi connectivity index (χ4v) is 2.43. The zero-order chi connectivity index (χ0) is 14.4. The zero-order valence-corrected chi connectivity index (χ0v) is 12.9. The lowest BCUT2D eigenvalue weighted by molar-refractivity contribution is 0.337. The number of ether oxygens (including phenoxy) is 1. The number of aryl methyl sites for hydroxylation is 1. The quantitative estimate of drug-likeness (QED) is 0.681. The van der Waals surface area contributed by atoms with Crippen molar-refractivity contribution in [2.45, 2.75) is 32.6 Å². The molecule has 0 aromatic heterocycles.